The minimum atomic E-state index is -0.797. The molecule has 100 valence electrons. The maximum absolute atomic E-state index is 13.8. The maximum Gasteiger partial charge on any atom is 0.131 e. The Morgan fingerprint density at radius 1 is 1.00 bits per heavy atom. The Hall–Kier alpha value is -1.33. The molecule has 19 heavy (non-hydrogen) atoms. The molecule has 0 fully saturated rings. The standard InChI is InChI=1S/C14H11BrF3N/c1-7-4-10(13(18)6-12(7)17)14(19)9-3-2-8(16)5-11(9)15/h2-6,14H,19H2,1H3. The summed E-state index contributed by atoms with van der Waals surface area (Å²) in [7, 11) is 0. The lowest BCUT2D eigenvalue weighted by Crippen LogP contribution is -2.15. The number of hydrogen-bond donors (Lipinski definition) is 1. The van der Waals surface area contributed by atoms with Gasteiger partial charge in [-0.25, -0.2) is 13.2 Å². The summed E-state index contributed by atoms with van der Waals surface area (Å²) >= 11 is 3.19. The molecule has 2 aromatic carbocycles. The summed E-state index contributed by atoms with van der Waals surface area (Å²) < 4.78 is 40.4. The van der Waals surface area contributed by atoms with Crippen LogP contribution in [0.25, 0.3) is 0 Å². The zero-order valence-electron chi connectivity index (χ0n) is 10.1. The number of aryl methyl sites for hydroxylation is 1. The molecule has 0 amide bonds. The van der Waals surface area contributed by atoms with Crippen LogP contribution in [0.1, 0.15) is 22.7 Å². The van der Waals surface area contributed by atoms with Crippen LogP contribution in [-0.4, -0.2) is 0 Å². The number of nitrogens with two attached hydrogens (primary N) is 1. The van der Waals surface area contributed by atoms with Crippen molar-refractivity contribution >= 4 is 15.9 Å². The lowest BCUT2D eigenvalue weighted by molar-refractivity contribution is 0.560. The summed E-state index contributed by atoms with van der Waals surface area (Å²) in [6.07, 6.45) is 0. The third-order valence-electron chi connectivity index (χ3n) is 2.91. The van der Waals surface area contributed by atoms with Gasteiger partial charge in [0.05, 0.1) is 6.04 Å². The second-order valence-corrected chi connectivity index (χ2v) is 5.12. The van der Waals surface area contributed by atoms with Gasteiger partial charge in [0.1, 0.15) is 17.5 Å². The molecule has 2 aromatic rings. The summed E-state index contributed by atoms with van der Waals surface area (Å²) in [5.74, 6) is -1.75. The van der Waals surface area contributed by atoms with Gasteiger partial charge in [0.2, 0.25) is 0 Å². The van der Waals surface area contributed by atoms with Crippen LogP contribution in [0.3, 0.4) is 0 Å². The molecule has 0 aromatic heterocycles. The first-order chi connectivity index (χ1) is 8.90. The summed E-state index contributed by atoms with van der Waals surface area (Å²) in [5.41, 5.74) is 6.99. The first kappa shape index (κ1) is 14.1. The number of benzene rings is 2. The Kier molecular flexibility index (Phi) is 3.96. The van der Waals surface area contributed by atoms with E-state index < -0.39 is 23.5 Å². The zero-order chi connectivity index (χ0) is 14.2. The minimum absolute atomic E-state index is 0.172. The molecule has 0 saturated heterocycles. The normalized spacial score (nSPS) is 12.5. The van der Waals surface area contributed by atoms with Gasteiger partial charge in [-0.2, -0.15) is 0 Å². The molecule has 1 atom stereocenters. The van der Waals surface area contributed by atoms with E-state index in [0.29, 0.717) is 15.6 Å². The Bertz CT molecular complexity index is 628. The van der Waals surface area contributed by atoms with Crippen LogP contribution in [0.5, 0.6) is 0 Å². The predicted octanol–water partition coefficient (Wildman–Crippen LogP) is 4.22. The van der Waals surface area contributed by atoms with Crippen molar-refractivity contribution in [1.29, 1.82) is 0 Å². The Morgan fingerprint density at radius 3 is 2.32 bits per heavy atom. The molecule has 5 heteroatoms. The third-order valence-corrected chi connectivity index (χ3v) is 3.60. The van der Waals surface area contributed by atoms with Crippen molar-refractivity contribution in [3.05, 3.63) is 68.9 Å². The molecule has 0 aliphatic rings. The Labute approximate surface area is 117 Å². The van der Waals surface area contributed by atoms with Gasteiger partial charge < -0.3 is 5.73 Å². The van der Waals surface area contributed by atoms with E-state index in [1.807, 2.05) is 0 Å². The van der Waals surface area contributed by atoms with Gasteiger partial charge in [-0.1, -0.05) is 22.0 Å². The fourth-order valence-electron chi connectivity index (χ4n) is 1.84. The highest BCUT2D eigenvalue weighted by Crippen LogP contribution is 2.30. The van der Waals surface area contributed by atoms with Gasteiger partial charge in [-0.05, 0) is 36.2 Å². The molecule has 0 spiro atoms. The molecule has 0 radical (unpaired) electrons. The monoisotopic (exact) mass is 329 g/mol. The molecular formula is C14H11BrF3N. The van der Waals surface area contributed by atoms with Gasteiger partial charge in [0, 0.05) is 16.1 Å². The van der Waals surface area contributed by atoms with Gasteiger partial charge >= 0.3 is 0 Å². The summed E-state index contributed by atoms with van der Waals surface area (Å²) in [6, 6.07) is 5.35. The van der Waals surface area contributed by atoms with Gasteiger partial charge in [0.25, 0.3) is 0 Å². The van der Waals surface area contributed by atoms with E-state index in [4.69, 9.17) is 5.73 Å². The largest absolute Gasteiger partial charge is 0.320 e. The highest BCUT2D eigenvalue weighted by molar-refractivity contribution is 9.10. The number of hydrogen-bond acceptors (Lipinski definition) is 1. The molecule has 0 bridgehead atoms. The lowest BCUT2D eigenvalue weighted by Gasteiger charge is -2.16. The Balaban J connectivity index is 2.49. The molecular weight excluding hydrogens is 319 g/mol. The van der Waals surface area contributed by atoms with E-state index in [1.54, 1.807) is 0 Å². The molecule has 2 N–H and O–H groups in total. The maximum atomic E-state index is 13.8. The van der Waals surface area contributed by atoms with E-state index in [9.17, 15) is 13.2 Å². The second-order valence-electron chi connectivity index (χ2n) is 4.27. The average Bonchev–Trinajstić information content (AvgIpc) is 2.33. The zero-order valence-corrected chi connectivity index (χ0v) is 11.6. The van der Waals surface area contributed by atoms with Crippen LogP contribution in [0.15, 0.2) is 34.8 Å². The van der Waals surface area contributed by atoms with E-state index in [1.165, 1.54) is 31.2 Å². The molecule has 2 rings (SSSR count). The van der Waals surface area contributed by atoms with Crippen molar-refractivity contribution in [3.8, 4) is 0 Å². The topological polar surface area (TPSA) is 26.0 Å². The first-order valence-corrected chi connectivity index (χ1v) is 6.35. The quantitative estimate of drug-likeness (QED) is 0.876. The summed E-state index contributed by atoms with van der Waals surface area (Å²) in [4.78, 5) is 0. The van der Waals surface area contributed by atoms with Gasteiger partial charge in [-0.3, -0.25) is 0 Å². The van der Waals surface area contributed by atoms with E-state index in [-0.39, 0.29) is 5.56 Å². The van der Waals surface area contributed by atoms with Crippen molar-refractivity contribution in [2.24, 2.45) is 5.73 Å². The van der Waals surface area contributed by atoms with Crippen molar-refractivity contribution in [2.75, 3.05) is 0 Å². The molecule has 0 aliphatic heterocycles. The fraction of sp³-hybridized carbons (Fsp3) is 0.143. The average molecular weight is 330 g/mol. The number of halogens is 4. The molecule has 0 aliphatic carbocycles. The van der Waals surface area contributed by atoms with Crippen LogP contribution in [0.4, 0.5) is 13.2 Å². The smallest absolute Gasteiger partial charge is 0.131 e. The molecule has 1 nitrogen and oxygen atoms in total. The van der Waals surface area contributed by atoms with E-state index in [0.717, 1.165) is 6.07 Å². The van der Waals surface area contributed by atoms with Crippen molar-refractivity contribution in [2.45, 2.75) is 13.0 Å². The van der Waals surface area contributed by atoms with E-state index >= 15 is 0 Å². The van der Waals surface area contributed by atoms with Crippen molar-refractivity contribution < 1.29 is 13.2 Å². The predicted molar refractivity (Wildman–Crippen MR) is 71.2 cm³/mol. The third kappa shape index (κ3) is 2.82. The first-order valence-electron chi connectivity index (χ1n) is 5.56. The van der Waals surface area contributed by atoms with E-state index in [2.05, 4.69) is 15.9 Å². The lowest BCUT2D eigenvalue weighted by atomic mass is 9.97. The number of rotatable bonds is 2. The SMILES string of the molecule is Cc1cc(C(N)c2ccc(F)cc2Br)c(F)cc1F. The van der Waals surface area contributed by atoms with Crippen LogP contribution in [-0.2, 0) is 0 Å². The van der Waals surface area contributed by atoms with Crippen molar-refractivity contribution in [1.82, 2.24) is 0 Å². The minimum Gasteiger partial charge on any atom is -0.320 e. The second kappa shape index (κ2) is 5.35. The van der Waals surface area contributed by atoms with Crippen molar-refractivity contribution in [3.63, 3.8) is 0 Å². The Morgan fingerprint density at radius 2 is 1.68 bits per heavy atom. The van der Waals surface area contributed by atoms with Crippen LogP contribution < -0.4 is 5.73 Å². The summed E-state index contributed by atoms with van der Waals surface area (Å²) in [6.45, 7) is 1.53. The highest BCUT2D eigenvalue weighted by Gasteiger charge is 2.18. The summed E-state index contributed by atoms with van der Waals surface area (Å²) in [5, 5.41) is 0. The highest BCUT2D eigenvalue weighted by atomic mass is 79.9. The molecule has 0 saturated carbocycles. The van der Waals surface area contributed by atoms with Crippen LogP contribution in [0.2, 0.25) is 0 Å². The molecule has 1 unspecified atom stereocenters. The van der Waals surface area contributed by atoms with Gasteiger partial charge in [0.15, 0.2) is 0 Å². The fourth-order valence-corrected chi connectivity index (χ4v) is 2.44. The van der Waals surface area contributed by atoms with Gasteiger partial charge in [-0.15, -0.1) is 0 Å². The van der Waals surface area contributed by atoms with Crippen LogP contribution >= 0.6 is 15.9 Å². The van der Waals surface area contributed by atoms with Crippen LogP contribution in [0, 0.1) is 24.4 Å². The molecule has 0 heterocycles.